The lowest BCUT2D eigenvalue weighted by Crippen LogP contribution is -1.94. The predicted octanol–water partition coefficient (Wildman–Crippen LogP) is 3.58. The second kappa shape index (κ2) is 5.66. The van der Waals surface area contributed by atoms with E-state index in [2.05, 4.69) is 0 Å². The zero-order chi connectivity index (χ0) is 14.7. The van der Waals surface area contributed by atoms with Gasteiger partial charge in [-0.3, -0.25) is 10.1 Å². The summed E-state index contributed by atoms with van der Waals surface area (Å²) in [5.74, 6) is -0.329. The van der Waals surface area contributed by atoms with Crippen molar-refractivity contribution in [3.8, 4) is 11.5 Å². The second-order valence-corrected chi connectivity index (χ2v) is 4.22. The molecular weight excluding hydrogens is 265 g/mol. The molecule has 0 bridgehead atoms. The smallest absolute Gasteiger partial charge is 0.269 e. The average molecular weight is 277 g/mol. The number of hydrogen-bond acceptors (Lipinski definition) is 4. The minimum absolute atomic E-state index is 0.0109. The van der Waals surface area contributed by atoms with E-state index in [4.69, 9.17) is 4.74 Å². The molecule has 2 rings (SSSR count). The Balaban J connectivity index is 2.19. The number of aliphatic hydroxyl groups excluding tert-OH is 1. The maximum atomic E-state index is 13.8. The highest BCUT2D eigenvalue weighted by atomic mass is 19.1. The number of rotatable bonds is 4. The summed E-state index contributed by atoms with van der Waals surface area (Å²) in [7, 11) is 0. The van der Waals surface area contributed by atoms with Crippen molar-refractivity contribution in [3.63, 3.8) is 0 Å². The van der Waals surface area contributed by atoms with Crippen molar-refractivity contribution in [2.45, 2.75) is 13.0 Å². The summed E-state index contributed by atoms with van der Waals surface area (Å²) >= 11 is 0. The molecule has 1 N–H and O–H groups in total. The Bertz CT molecular complexity index is 626. The topological polar surface area (TPSA) is 72.6 Å². The molecule has 0 aromatic heterocycles. The van der Waals surface area contributed by atoms with Crippen LogP contribution >= 0.6 is 0 Å². The van der Waals surface area contributed by atoms with Crippen molar-refractivity contribution in [2.24, 2.45) is 0 Å². The van der Waals surface area contributed by atoms with Gasteiger partial charge >= 0.3 is 0 Å². The van der Waals surface area contributed by atoms with Crippen LogP contribution in [0, 0.1) is 15.9 Å². The first-order valence-electron chi connectivity index (χ1n) is 5.87. The number of nitro benzene ring substituents is 1. The highest BCUT2D eigenvalue weighted by molar-refractivity contribution is 5.39. The molecule has 20 heavy (non-hydrogen) atoms. The highest BCUT2D eigenvalue weighted by Gasteiger charge is 2.10. The van der Waals surface area contributed by atoms with Crippen molar-refractivity contribution in [3.05, 3.63) is 64.0 Å². The Kier molecular flexibility index (Phi) is 3.95. The van der Waals surface area contributed by atoms with Gasteiger partial charge in [-0.05, 0) is 36.8 Å². The molecule has 0 aliphatic carbocycles. The van der Waals surface area contributed by atoms with Crippen LogP contribution in [-0.2, 0) is 0 Å². The number of nitrogens with zero attached hydrogens (tertiary/aromatic N) is 1. The summed E-state index contributed by atoms with van der Waals surface area (Å²) in [6, 6.07) is 9.47. The van der Waals surface area contributed by atoms with Gasteiger partial charge in [-0.15, -0.1) is 0 Å². The van der Waals surface area contributed by atoms with Gasteiger partial charge in [0.2, 0.25) is 0 Å². The molecule has 0 fully saturated rings. The summed E-state index contributed by atoms with van der Waals surface area (Å²) < 4.78 is 19.1. The minimum atomic E-state index is -0.766. The monoisotopic (exact) mass is 277 g/mol. The molecule has 2 aromatic carbocycles. The lowest BCUT2D eigenvalue weighted by Gasteiger charge is -2.09. The Labute approximate surface area is 114 Å². The van der Waals surface area contributed by atoms with Crippen LogP contribution in [0.15, 0.2) is 42.5 Å². The Morgan fingerprint density at radius 2 is 1.90 bits per heavy atom. The number of halogens is 1. The number of aliphatic hydroxyl groups is 1. The third-order valence-corrected chi connectivity index (χ3v) is 2.71. The summed E-state index contributed by atoms with van der Waals surface area (Å²) in [4.78, 5) is 9.98. The molecule has 1 unspecified atom stereocenters. The van der Waals surface area contributed by atoms with Gasteiger partial charge in [0.25, 0.3) is 5.69 Å². The van der Waals surface area contributed by atoms with Crippen molar-refractivity contribution < 1.29 is 19.2 Å². The van der Waals surface area contributed by atoms with Gasteiger partial charge < -0.3 is 9.84 Å². The van der Waals surface area contributed by atoms with E-state index in [0.717, 1.165) is 0 Å². The van der Waals surface area contributed by atoms with E-state index in [1.165, 1.54) is 43.3 Å². The summed E-state index contributed by atoms with van der Waals surface area (Å²) in [5, 5.41) is 19.8. The van der Waals surface area contributed by atoms with Gasteiger partial charge in [0, 0.05) is 12.1 Å². The van der Waals surface area contributed by atoms with E-state index in [1.807, 2.05) is 0 Å². The van der Waals surface area contributed by atoms with Crippen molar-refractivity contribution in [1.29, 1.82) is 0 Å². The molecule has 1 atom stereocenters. The summed E-state index contributed by atoms with van der Waals surface area (Å²) in [6.07, 6.45) is -0.766. The molecule has 0 saturated carbocycles. The van der Waals surface area contributed by atoms with E-state index < -0.39 is 16.8 Å². The van der Waals surface area contributed by atoms with Crippen LogP contribution in [0.1, 0.15) is 18.6 Å². The van der Waals surface area contributed by atoms with Crippen LogP contribution in [0.4, 0.5) is 10.1 Å². The molecule has 0 amide bonds. The van der Waals surface area contributed by atoms with Crippen LogP contribution < -0.4 is 4.74 Å². The van der Waals surface area contributed by atoms with Crippen molar-refractivity contribution >= 4 is 5.69 Å². The number of non-ortho nitro benzene ring substituents is 1. The van der Waals surface area contributed by atoms with E-state index in [9.17, 15) is 19.6 Å². The molecule has 5 nitrogen and oxygen atoms in total. The number of hydrogen-bond donors (Lipinski definition) is 1. The standard InChI is InChI=1S/C14H12FNO4/c1-9(17)10-2-7-14(13(15)8-10)20-12-5-3-11(4-6-12)16(18)19/h2-9,17H,1H3. The van der Waals surface area contributed by atoms with Crippen molar-refractivity contribution in [2.75, 3.05) is 0 Å². The largest absolute Gasteiger partial charge is 0.454 e. The van der Waals surface area contributed by atoms with Gasteiger partial charge in [-0.25, -0.2) is 4.39 Å². The molecule has 0 radical (unpaired) electrons. The van der Waals surface area contributed by atoms with E-state index in [-0.39, 0.29) is 11.4 Å². The van der Waals surface area contributed by atoms with Crippen LogP contribution in [0.5, 0.6) is 11.5 Å². The van der Waals surface area contributed by atoms with Crippen LogP contribution in [0.3, 0.4) is 0 Å². The first kappa shape index (κ1) is 14.0. The first-order valence-corrected chi connectivity index (χ1v) is 5.87. The fraction of sp³-hybridized carbons (Fsp3) is 0.143. The third kappa shape index (κ3) is 3.10. The Morgan fingerprint density at radius 1 is 1.25 bits per heavy atom. The highest BCUT2D eigenvalue weighted by Crippen LogP contribution is 2.28. The van der Waals surface area contributed by atoms with Gasteiger partial charge in [0.05, 0.1) is 11.0 Å². The molecule has 2 aromatic rings. The predicted molar refractivity (Wildman–Crippen MR) is 70.2 cm³/mol. The zero-order valence-corrected chi connectivity index (χ0v) is 10.6. The maximum absolute atomic E-state index is 13.8. The molecule has 0 saturated heterocycles. The lowest BCUT2D eigenvalue weighted by atomic mass is 10.1. The second-order valence-electron chi connectivity index (χ2n) is 4.22. The molecule has 0 heterocycles. The SMILES string of the molecule is CC(O)c1ccc(Oc2ccc([N+](=O)[O-])cc2)c(F)c1. The van der Waals surface area contributed by atoms with E-state index >= 15 is 0 Å². The quantitative estimate of drug-likeness (QED) is 0.684. The van der Waals surface area contributed by atoms with E-state index in [1.54, 1.807) is 6.07 Å². The molecule has 0 aliphatic heterocycles. The number of nitro groups is 1. The minimum Gasteiger partial charge on any atom is -0.454 e. The zero-order valence-electron chi connectivity index (χ0n) is 10.6. The van der Waals surface area contributed by atoms with Gasteiger partial charge in [0.1, 0.15) is 5.75 Å². The first-order chi connectivity index (χ1) is 9.47. The normalized spacial score (nSPS) is 11.9. The van der Waals surface area contributed by atoms with Crippen LogP contribution in [-0.4, -0.2) is 10.0 Å². The van der Waals surface area contributed by atoms with E-state index in [0.29, 0.717) is 11.3 Å². The lowest BCUT2D eigenvalue weighted by molar-refractivity contribution is -0.384. The fourth-order valence-electron chi connectivity index (χ4n) is 1.62. The fourth-order valence-corrected chi connectivity index (χ4v) is 1.62. The molecule has 0 spiro atoms. The Morgan fingerprint density at radius 3 is 2.40 bits per heavy atom. The molecule has 6 heteroatoms. The summed E-state index contributed by atoms with van der Waals surface area (Å²) in [5.41, 5.74) is 0.376. The molecule has 104 valence electrons. The van der Waals surface area contributed by atoms with Crippen LogP contribution in [0.25, 0.3) is 0 Å². The maximum Gasteiger partial charge on any atom is 0.269 e. The molecular formula is C14H12FNO4. The number of benzene rings is 2. The number of ether oxygens (including phenoxy) is 1. The van der Waals surface area contributed by atoms with Gasteiger partial charge in [-0.1, -0.05) is 6.07 Å². The van der Waals surface area contributed by atoms with Gasteiger partial charge in [0.15, 0.2) is 11.6 Å². The summed E-state index contributed by atoms with van der Waals surface area (Å²) in [6.45, 7) is 1.53. The Hall–Kier alpha value is -2.47. The van der Waals surface area contributed by atoms with Crippen LogP contribution in [0.2, 0.25) is 0 Å². The van der Waals surface area contributed by atoms with Crippen molar-refractivity contribution in [1.82, 2.24) is 0 Å². The van der Waals surface area contributed by atoms with Gasteiger partial charge in [-0.2, -0.15) is 0 Å². The molecule has 0 aliphatic rings. The average Bonchev–Trinajstić information content (AvgIpc) is 2.41. The third-order valence-electron chi connectivity index (χ3n) is 2.71.